The summed E-state index contributed by atoms with van der Waals surface area (Å²) in [5.41, 5.74) is 6.81. The Morgan fingerprint density at radius 1 is 1.41 bits per heavy atom. The van der Waals surface area contributed by atoms with Crippen molar-refractivity contribution in [1.82, 2.24) is 4.90 Å². The topological polar surface area (TPSA) is 66.6 Å². The Hall–Kier alpha value is -1.39. The van der Waals surface area contributed by atoms with Crippen LogP contribution in [0.1, 0.15) is 12.0 Å². The lowest BCUT2D eigenvalue weighted by Crippen LogP contribution is -2.49. The van der Waals surface area contributed by atoms with Crippen molar-refractivity contribution < 1.29 is 9.90 Å². The molecule has 2 rings (SSSR count). The van der Waals surface area contributed by atoms with E-state index in [9.17, 15) is 4.79 Å². The Bertz CT molecular complexity index is 374. The van der Waals surface area contributed by atoms with Crippen molar-refractivity contribution in [2.24, 2.45) is 11.7 Å². The molecule has 1 aliphatic rings. The largest absolute Gasteiger partial charge is 0.480 e. The second kappa shape index (κ2) is 5.29. The summed E-state index contributed by atoms with van der Waals surface area (Å²) in [4.78, 5) is 12.9. The Labute approximate surface area is 101 Å². The van der Waals surface area contributed by atoms with Crippen molar-refractivity contribution in [1.29, 1.82) is 0 Å². The molecule has 1 aliphatic heterocycles. The van der Waals surface area contributed by atoms with Crippen LogP contribution >= 0.6 is 0 Å². The fourth-order valence-corrected chi connectivity index (χ4v) is 2.26. The van der Waals surface area contributed by atoms with Gasteiger partial charge in [0.05, 0.1) is 0 Å². The van der Waals surface area contributed by atoms with Gasteiger partial charge in [-0.1, -0.05) is 30.3 Å². The lowest BCUT2D eigenvalue weighted by atomic mass is 9.92. The minimum absolute atomic E-state index is 0.435. The number of nitrogens with zero attached hydrogens (tertiary/aromatic N) is 1. The molecule has 0 aliphatic carbocycles. The number of hydrogen-bond donors (Lipinski definition) is 2. The maximum absolute atomic E-state index is 10.6. The predicted molar refractivity (Wildman–Crippen MR) is 65.4 cm³/mol. The second-order valence-electron chi connectivity index (χ2n) is 4.73. The van der Waals surface area contributed by atoms with Gasteiger partial charge >= 0.3 is 5.97 Å². The third kappa shape index (κ3) is 3.28. The van der Waals surface area contributed by atoms with E-state index in [0.717, 1.165) is 19.6 Å². The lowest BCUT2D eigenvalue weighted by Gasteiger charge is -2.40. The van der Waals surface area contributed by atoms with Crippen LogP contribution in [0.2, 0.25) is 0 Å². The molecule has 0 saturated carbocycles. The molecule has 4 nitrogen and oxygen atoms in total. The van der Waals surface area contributed by atoms with Crippen LogP contribution in [0.15, 0.2) is 30.3 Å². The van der Waals surface area contributed by atoms with Crippen molar-refractivity contribution >= 4 is 5.97 Å². The zero-order valence-corrected chi connectivity index (χ0v) is 9.75. The standard InChI is InChI=1S/C13H18N2O2/c14-12(13(16)17)6-11-8-15(9-11)7-10-4-2-1-3-5-10/h1-5,11-12H,6-9,14H2,(H,16,17). The predicted octanol–water partition coefficient (Wildman–Crippen LogP) is 0.920. The number of carbonyl (C=O) groups is 1. The summed E-state index contributed by atoms with van der Waals surface area (Å²) in [6.45, 7) is 2.85. The number of carboxylic acid groups (broad SMARTS) is 1. The van der Waals surface area contributed by atoms with Crippen LogP contribution in [0.4, 0.5) is 0 Å². The third-order valence-electron chi connectivity index (χ3n) is 3.19. The van der Waals surface area contributed by atoms with E-state index >= 15 is 0 Å². The van der Waals surface area contributed by atoms with Gasteiger partial charge in [0.2, 0.25) is 0 Å². The number of nitrogens with two attached hydrogens (primary N) is 1. The van der Waals surface area contributed by atoms with Gasteiger partial charge in [-0.2, -0.15) is 0 Å². The quantitative estimate of drug-likeness (QED) is 0.795. The van der Waals surface area contributed by atoms with Gasteiger partial charge in [-0.15, -0.1) is 0 Å². The van der Waals surface area contributed by atoms with Gasteiger partial charge in [0.25, 0.3) is 0 Å². The van der Waals surface area contributed by atoms with Crippen LogP contribution in [0.5, 0.6) is 0 Å². The second-order valence-corrected chi connectivity index (χ2v) is 4.73. The minimum Gasteiger partial charge on any atom is -0.480 e. The molecule has 0 aromatic heterocycles. The Kier molecular flexibility index (Phi) is 3.76. The fraction of sp³-hybridized carbons (Fsp3) is 0.462. The lowest BCUT2D eigenvalue weighted by molar-refractivity contribution is -0.139. The molecule has 17 heavy (non-hydrogen) atoms. The highest BCUT2D eigenvalue weighted by Crippen LogP contribution is 2.22. The van der Waals surface area contributed by atoms with E-state index in [1.807, 2.05) is 18.2 Å². The van der Waals surface area contributed by atoms with Crippen molar-refractivity contribution in [3.63, 3.8) is 0 Å². The highest BCUT2D eigenvalue weighted by atomic mass is 16.4. The van der Waals surface area contributed by atoms with E-state index in [2.05, 4.69) is 17.0 Å². The number of aliphatic carboxylic acids is 1. The zero-order valence-electron chi connectivity index (χ0n) is 9.75. The summed E-state index contributed by atoms with van der Waals surface area (Å²) in [6.07, 6.45) is 0.584. The summed E-state index contributed by atoms with van der Waals surface area (Å²) in [5, 5.41) is 8.71. The van der Waals surface area contributed by atoms with Gasteiger partial charge < -0.3 is 10.8 Å². The van der Waals surface area contributed by atoms with E-state index in [4.69, 9.17) is 10.8 Å². The molecule has 1 aromatic rings. The average Bonchev–Trinajstić information content (AvgIpc) is 2.27. The molecule has 1 unspecified atom stereocenters. The molecular weight excluding hydrogens is 216 g/mol. The van der Waals surface area contributed by atoms with Crippen LogP contribution in [0, 0.1) is 5.92 Å². The first-order valence-corrected chi connectivity index (χ1v) is 5.90. The number of likely N-dealkylation sites (tertiary alicyclic amines) is 1. The van der Waals surface area contributed by atoms with E-state index in [1.165, 1.54) is 5.56 Å². The van der Waals surface area contributed by atoms with Gasteiger partial charge in [-0.05, 0) is 17.9 Å². The normalized spacial score (nSPS) is 18.6. The summed E-state index contributed by atoms with van der Waals surface area (Å²) in [7, 11) is 0. The van der Waals surface area contributed by atoms with Gasteiger partial charge in [0.15, 0.2) is 0 Å². The summed E-state index contributed by atoms with van der Waals surface area (Å²) in [5.74, 6) is -0.462. The maximum Gasteiger partial charge on any atom is 0.320 e. The number of benzene rings is 1. The molecule has 4 heteroatoms. The van der Waals surface area contributed by atoms with Gasteiger partial charge in [0.1, 0.15) is 6.04 Å². The molecule has 0 amide bonds. The van der Waals surface area contributed by atoms with Crippen LogP contribution in [-0.2, 0) is 11.3 Å². The molecule has 1 saturated heterocycles. The number of hydrogen-bond acceptors (Lipinski definition) is 3. The first-order chi connectivity index (χ1) is 8.15. The third-order valence-corrected chi connectivity index (χ3v) is 3.19. The highest BCUT2D eigenvalue weighted by Gasteiger charge is 2.29. The van der Waals surface area contributed by atoms with E-state index < -0.39 is 12.0 Å². The maximum atomic E-state index is 10.6. The van der Waals surface area contributed by atoms with E-state index in [1.54, 1.807) is 0 Å². The van der Waals surface area contributed by atoms with Crippen molar-refractivity contribution in [2.45, 2.75) is 19.0 Å². The first kappa shape index (κ1) is 12.1. The minimum atomic E-state index is -0.897. The average molecular weight is 234 g/mol. The molecule has 0 bridgehead atoms. The molecule has 3 N–H and O–H groups in total. The van der Waals surface area contributed by atoms with Crippen molar-refractivity contribution in [3.05, 3.63) is 35.9 Å². The van der Waals surface area contributed by atoms with Crippen molar-refractivity contribution in [2.75, 3.05) is 13.1 Å². The van der Waals surface area contributed by atoms with Crippen LogP contribution in [0.25, 0.3) is 0 Å². The first-order valence-electron chi connectivity index (χ1n) is 5.90. The van der Waals surface area contributed by atoms with Gasteiger partial charge in [-0.25, -0.2) is 0 Å². The van der Waals surface area contributed by atoms with Crippen LogP contribution < -0.4 is 5.73 Å². The molecule has 1 fully saturated rings. The van der Waals surface area contributed by atoms with E-state index in [-0.39, 0.29) is 0 Å². The summed E-state index contributed by atoms with van der Waals surface area (Å²) >= 11 is 0. The van der Waals surface area contributed by atoms with Gasteiger partial charge in [0, 0.05) is 19.6 Å². The fourth-order valence-electron chi connectivity index (χ4n) is 2.26. The molecule has 92 valence electrons. The summed E-state index contributed by atoms with van der Waals surface area (Å²) in [6, 6.07) is 9.58. The molecule has 0 radical (unpaired) electrons. The molecule has 1 atom stereocenters. The molecule has 1 heterocycles. The highest BCUT2D eigenvalue weighted by molar-refractivity contribution is 5.73. The Morgan fingerprint density at radius 3 is 2.65 bits per heavy atom. The number of rotatable bonds is 5. The van der Waals surface area contributed by atoms with Gasteiger partial charge in [-0.3, -0.25) is 9.69 Å². The van der Waals surface area contributed by atoms with Crippen LogP contribution in [-0.4, -0.2) is 35.1 Å². The Balaban J connectivity index is 1.71. The number of carboxylic acids is 1. The molecule has 1 aromatic carbocycles. The Morgan fingerprint density at radius 2 is 2.06 bits per heavy atom. The summed E-state index contributed by atoms with van der Waals surface area (Å²) < 4.78 is 0. The van der Waals surface area contributed by atoms with Crippen molar-refractivity contribution in [3.8, 4) is 0 Å². The SMILES string of the molecule is NC(CC1CN(Cc2ccccc2)C1)C(=O)O. The van der Waals surface area contributed by atoms with E-state index in [0.29, 0.717) is 12.3 Å². The zero-order chi connectivity index (χ0) is 12.3. The monoisotopic (exact) mass is 234 g/mol. The molecule has 0 spiro atoms. The smallest absolute Gasteiger partial charge is 0.320 e. The van der Waals surface area contributed by atoms with Crippen LogP contribution in [0.3, 0.4) is 0 Å². The molecular formula is C13H18N2O2.